The van der Waals surface area contributed by atoms with Gasteiger partial charge in [-0.1, -0.05) is 6.07 Å². The van der Waals surface area contributed by atoms with E-state index in [-0.39, 0.29) is 11.5 Å². The van der Waals surface area contributed by atoms with Crippen LogP contribution in [0.25, 0.3) is 0 Å². The largest absolute Gasteiger partial charge is 0.481 e. The summed E-state index contributed by atoms with van der Waals surface area (Å²) in [6, 6.07) is 4.34. The average molecular weight is 295 g/mol. The number of piperidine rings is 1. The molecule has 1 aliphatic heterocycles. The van der Waals surface area contributed by atoms with Crippen molar-refractivity contribution in [3.8, 4) is 11.5 Å². The molecule has 0 bridgehead atoms. The van der Waals surface area contributed by atoms with Gasteiger partial charge in [-0.15, -0.1) is 0 Å². The lowest BCUT2D eigenvalue weighted by molar-refractivity contribution is 0.111. The first-order chi connectivity index (χ1) is 9.87. The summed E-state index contributed by atoms with van der Waals surface area (Å²) in [7, 11) is 0. The van der Waals surface area contributed by atoms with E-state index in [1.165, 1.54) is 12.1 Å². The van der Waals surface area contributed by atoms with Crippen molar-refractivity contribution in [2.24, 2.45) is 0 Å². The normalized spacial score (nSPS) is 15.7. The summed E-state index contributed by atoms with van der Waals surface area (Å²) in [6.07, 6.45) is 2.63. The fourth-order valence-electron chi connectivity index (χ4n) is 2.21. The summed E-state index contributed by atoms with van der Waals surface area (Å²) < 4.78 is 24.9. The number of hydrogen-bond acceptors (Lipinski definition) is 3. The molecular weight excluding hydrogens is 273 g/mol. The molecular formula is C16H22FNO3. The minimum absolute atomic E-state index is 0.0182. The summed E-state index contributed by atoms with van der Waals surface area (Å²) in [5.74, 6) is -0.426. The quantitative estimate of drug-likeness (QED) is 0.828. The fourth-order valence-corrected chi connectivity index (χ4v) is 2.21. The van der Waals surface area contributed by atoms with Crippen LogP contribution in [0.15, 0.2) is 18.2 Å². The molecule has 0 atom stereocenters. The van der Waals surface area contributed by atoms with Crippen LogP contribution in [0.2, 0.25) is 0 Å². The summed E-state index contributed by atoms with van der Waals surface area (Å²) in [5, 5.41) is 0. The van der Waals surface area contributed by atoms with Crippen molar-refractivity contribution in [1.29, 1.82) is 0 Å². The van der Waals surface area contributed by atoms with E-state index in [0.29, 0.717) is 13.1 Å². The molecule has 1 heterocycles. The van der Waals surface area contributed by atoms with Crippen LogP contribution in [-0.2, 0) is 0 Å². The second kappa shape index (κ2) is 6.33. The number of nitrogens with zero attached hydrogens (tertiary/aromatic N) is 1. The molecule has 116 valence electrons. The van der Waals surface area contributed by atoms with Gasteiger partial charge in [-0.2, -0.15) is 0 Å². The van der Waals surface area contributed by atoms with Crippen LogP contribution in [0, 0.1) is 5.82 Å². The molecule has 1 fully saturated rings. The first-order valence-electron chi connectivity index (χ1n) is 7.31. The number of amides is 1. The van der Waals surface area contributed by atoms with Gasteiger partial charge in [0.1, 0.15) is 5.60 Å². The molecule has 0 aromatic heterocycles. The van der Waals surface area contributed by atoms with Gasteiger partial charge in [-0.3, -0.25) is 0 Å². The van der Waals surface area contributed by atoms with Gasteiger partial charge in [0.25, 0.3) is 0 Å². The minimum atomic E-state index is -0.575. The van der Waals surface area contributed by atoms with Gasteiger partial charge in [-0.25, -0.2) is 9.18 Å². The highest BCUT2D eigenvalue weighted by Crippen LogP contribution is 2.33. The molecule has 21 heavy (non-hydrogen) atoms. The number of carbonyl (C=O) groups is 1. The monoisotopic (exact) mass is 295 g/mol. The lowest BCUT2D eigenvalue weighted by atomic mass is 10.1. The molecule has 1 aliphatic rings. The van der Waals surface area contributed by atoms with Crippen molar-refractivity contribution >= 4 is 6.09 Å². The molecule has 1 aromatic carbocycles. The molecule has 0 saturated carbocycles. The number of ether oxygens (including phenoxy) is 2. The van der Waals surface area contributed by atoms with E-state index in [0.717, 1.165) is 19.3 Å². The molecule has 0 radical (unpaired) electrons. The molecule has 4 nitrogen and oxygen atoms in total. The van der Waals surface area contributed by atoms with Gasteiger partial charge in [0.15, 0.2) is 17.3 Å². The van der Waals surface area contributed by atoms with Gasteiger partial charge in [0, 0.05) is 13.1 Å². The van der Waals surface area contributed by atoms with Crippen molar-refractivity contribution in [3.05, 3.63) is 24.0 Å². The maximum atomic E-state index is 13.9. The number of benzene rings is 1. The molecule has 1 amide bonds. The Bertz CT molecular complexity index is 505. The Hall–Kier alpha value is -1.78. The van der Waals surface area contributed by atoms with Crippen molar-refractivity contribution < 1.29 is 18.7 Å². The SMILES string of the molecule is CC(C)(C)Oc1c(F)cccc1OC(=O)N1CCCCC1. The van der Waals surface area contributed by atoms with Crippen LogP contribution >= 0.6 is 0 Å². The maximum absolute atomic E-state index is 13.9. The highest BCUT2D eigenvalue weighted by atomic mass is 19.1. The Morgan fingerprint density at radius 2 is 1.86 bits per heavy atom. The van der Waals surface area contributed by atoms with E-state index >= 15 is 0 Å². The second-order valence-corrected chi connectivity index (χ2v) is 6.20. The van der Waals surface area contributed by atoms with E-state index in [9.17, 15) is 9.18 Å². The number of halogens is 1. The Kier molecular flexibility index (Phi) is 4.70. The highest BCUT2D eigenvalue weighted by molar-refractivity contribution is 5.71. The smallest absolute Gasteiger partial charge is 0.415 e. The molecule has 1 aromatic rings. The van der Waals surface area contributed by atoms with Gasteiger partial charge in [-0.05, 0) is 52.2 Å². The van der Waals surface area contributed by atoms with Gasteiger partial charge in [0.2, 0.25) is 0 Å². The molecule has 0 unspecified atom stereocenters. The Labute approximate surface area is 124 Å². The van der Waals surface area contributed by atoms with Crippen LogP contribution in [-0.4, -0.2) is 29.7 Å². The number of rotatable bonds is 2. The first kappa shape index (κ1) is 15.6. The van der Waals surface area contributed by atoms with E-state index in [4.69, 9.17) is 9.47 Å². The number of carbonyl (C=O) groups excluding carboxylic acids is 1. The molecule has 0 aliphatic carbocycles. The van der Waals surface area contributed by atoms with Gasteiger partial charge in [0.05, 0.1) is 0 Å². The van der Waals surface area contributed by atoms with Crippen LogP contribution < -0.4 is 9.47 Å². The Morgan fingerprint density at radius 1 is 1.19 bits per heavy atom. The topological polar surface area (TPSA) is 38.8 Å². The third-order valence-electron chi connectivity index (χ3n) is 3.15. The van der Waals surface area contributed by atoms with Crippen LogP contribution in [0.5, 0.6) is 11.5 Å². The summed E-state index contributed by atoms with van der Waals surface area (Å²) in [4.78, 5) is 13.8. The molecule has 0 spiro atoms. The Balaban J connectivity index is 2.15. The first-order valence-corrected chi connectivity index (χ1v) is 7.31. The third-order valence-corrected chi connectivity index (χ3v) is 3.15. The number of likely N-dealkylation sites (tertiary alicyclic amines) is 1. The zero-order valence-corrected chi connectivity index (χ0v) is 12.8. The van der Waals surface area contributed by atoms with Crippen molar-refractivity contribution in [1.82, 2.24) is 4.90 Å². The highest BCUT2D eigenvalue weighted by Gasteiger charge is 2.23. The Morgan fingerprint density at radius 3 is 2.48 bits per heavy atom. The van der Waals surface area contributed by atoms with E-state index in [2.05, 4.69) is 0 Å². The van der Waals surface area contributed by atoms with E-state index in [1.54, 1.807) is 11.0 Å². The zero-order chi connectivity index (χ0) is 15.5. The lowest BCUT2D eigenvalue weighted by Gasteiger charge is -2.27. The van der Waals surface area contributed by atoms with Crippen LogP contribution in [0.1, 0.15) is 40.0 Å². The second-order valence-electron chi connectivity index (χ2n) is 6.20. The number of hydrogen-bond donors (Lipinski definition) is 0. The van der Waals surface area contributed by atoms with Crippen molar-refractivity contribution in [2.45, 2.75) is 45.6 Å². The zero-order valence-electron chi connectivity index (χ0n) is 12.8. The molecule has 0 N–H and O–H groups in total. The maximum Gasteiger partial charge on any atom is 0.415 e. The van der Waals surface area contributed by atoms with E-state index < -0.39 is 17.5 Å². The van der Waals surface area contributed by atoms with Crippen LogP contribution in [0.3, 0.4) is 0 Å². The van der Waals surface area contributed by atoms with Crippen LogP contribution in [0.4, 0.5) is 9.18 Å². The fraction of sp³-hybridized carbons (Fsp3) is 0.562. The van der Waals surface area contributed by atoms with E-state index in [1.807, 2.05) is 20.8 Å². The molecule has 2 rings (SSSR count). The van der Waals surface area contributed by atoms with Crippen molar-refractivity contribution in [3.63, 3.8) is 0 Å². The standard InChI is InChI=1S/C16H22FNO3/c1-16(2,3)21-14-12(17)8-7-9-13(14)20-15(19)18-10-5-4-6-11-18/h7-9H,4-6,10-11H2,1-3H3. The number of para-hydroxylation sites is 1. The average Bonchev–Trinajstić information content (AvgIpc) is 2.42. The molecule has 5 heteroatoms. The predicted molar refractivity (Wildman–Crippen MR) is 78.2 cm³/mol. The summed E-state index contributed by atoms with van der Waals surface area (Å²) in [5.41, 5.74) is -0.575. The van der Waals surface area contributed by atoms with Crippen molar-refractivity contribution in [2.75, 3.05) is 13.1 Å². The summed E-state index contributed by atoms with van der Waals surface area (Å²) >= 11 is 0. The summed E-state index contributed by atoms with van der Waals surface area (Å²) in [6.45, 7) is 6.81. The lowest BCUT2D eigenvalue weighted by Crippen LogP contribution is -2.37. The van der Waals surface area contributed by atoms with Gasteiger partial charge < -0.3 is 14.4 Å². The third kappa shape index (κ3) is 4.34. The van der Waals surface area contributed by atoms with Gasteiger partial charge >= 0.3 is 6.09 Å². The molecule has 1 saturated heterocycles. The predicted octanol–water partition coefficient (Wildman–Crippen LogP) is 3.99. The minimum Gasteiger partial charge on any atom is -0.481 e.